The van der Waals surface area contributed by atoms with E-state index in [2.05, 4.69) is 17.4 Å². The molecule has 0 fully saturated rings. The number of nitrogens with one attached hydrogen (secondary N) is 1. The van der Waals surface area contributed by atoms with E-state index in [0.717, 1.165) is 11.3 Å². The van der Waals surface area contributed by atoms with E-state index in [1.807, 2.05) is 49.4 Å². The number of amides is 1. The molecule has 0 aliphatic rings. The first kappa shape index (κ1) is 15.9. The molecule has 2 nitrogen and oxygen atoms in total. The van der Waals surface area contributed by atoms with Gasteiger partial charge in [-0.05, 0) is 30.2 Å². The van der Waals surface area contributed by atoms with Crippen LogP contribution in [-0.2, 0) is 17.1 Å². The number of benzene rings is 2. The minimum atomic E-state index is -0.0718. The van der Waals surface area contributed by atoms with E-state index >= 15 is 0 Å². The van der Waals surface area contributed by atoms with E-state index in [1.54, 1.807) is 11.8 Å². The van der Waals surface area contributed by atoms with E-state index in [4.69, 9.17) is 11.6 Å². The third-order valence-corrected chi connectivity index (χ3v) is 4.56. The maximum Gasteiger partial charge on any atom is 0.233 e. The summed E-state index contributed by atoms with van der Waals surface area (Å²) >= 11 is 7.48. The fourth-order valence-corrected chi connectivity index (χ4v) is 2.80. The molecule has 0 saturated heterocycles. The van der Waals surface area contributed by atoms with Crippen LogP contribution in [0.1, 0.15) is 18.1 Å². The van der Waals surface area contributed by atoms with Gasteiger partial charge in [0.15, 0.2) is 0 Å². The standard InChI is InChI=1S/C17H18ClNOS/c1-13(21-12-15-5-3-2-4-6-15)17(20)19-11-14-7-9-16(18)10-8-14/h2-10,13H,11-12H2,1H3,(H,19,20). The molecule has 2 rings (SSSR count). The molecule has 1 amide bonds. The Morgan fingerprint density at radius 1 is 1.10 bits per heavy atom. The van der Waals surface area contributed by atoms with Gasteiger partial charge in [-0.2, -0.15) is 0 Å². The molecule has 0 aliphatic heterocycles. The Bertz CT molecular complexity index is 571. The van der Waals surface area contributed by atoms with E-state index in [9.17, 15) is 4.79 Å². The first-order valence-electron chi connectivity index (χ1n) is 6.83. The number of carbonyl (C=O) groups is 1. The summed E-state index contributed by atoms with van der Waals surface area (Å²) in [5.41, 5.74) is 2.29. The van der Waals surface area contributed by atoms with Crippen LogP contribution in [0.4, 0.5) is 0 Å². The van der Waals surface area contributed by atoms with Gasteiger partial charge in [0.1, 0.15) is 0 Å². The lowest BCUT2D eigenvalue weighted by molar-refractivity contribution is -0.120. The zero-order valence-corrected chi connectivity index (χ0v) is 13.5. The summed E-state index contributed by atoms with van der Waals surface area (Å²) in [4.78, 5) is 12.0. The van der Waals surface area contributed by atoms with Crippen molar-refractivity contribution < 1.29 is 4.79 Å². The van der Waals surface area contributed by atoms with Gasteiger partial charge in [0.2, 0.25) is 5.91 Å². The van der Waals surface area contributed by atoms with E-state index < -0.39 is 0 Å². The highest BCUT2D eigenvalue weighted by Crippen LogP contribution is 2.17. The zero-order chi connectivity index (χ0) is 15.1. The molecule has 0 saturated carbocycles. The van der Waals surface area contributed by atoms with Crippen LogP contribution >= 0.6 is 23.4 Å². The Kier molecular flexibility index (Phi) is 6.15. The van der Waals surface area contributed by atoms with Crippen molar-refractivity contribution in [3.63, 3.8) is 0 Å². The molecule has 2 aromatic rings. The monoisotopic (exact) mass is 319 g/mol. The average molecular weight is 320 g/mol. The fraction of sp³-hybridized carbons (Fsp3) is 0.235. The van der Waals surface area contributed by atoms with Gasteiger partial charge >= 0.3 is 0 Å². The summed E-state index contributed by atoms with van der Waals surface area (Å²) in [5.74, 6) is 0.905. The number of thioether (sulfide) groups is 1. The lowest BCUT2D eigenvalue weighted by Crippen LogP contribution is -2.30. The Morgan fingerprint density at radius 2 is 1.76 bits per heavy atom. The van der Waals surface area contributed by atoms with Gasteiger partial charge in [-0.25, -0.2) is 0 Å². The van der Waals surface area contributed by atoms with Crippen molar-refractivity contribution in [3.05, 3.63) is 70.7 Å². The maximum atomic E-state index is 12.0. The van der Waals surface area contributed by atoms with Gasteiger partial charge < -0.3 is 5.32 Å². The summed E-state index contributed by atoms with van der Waals surface area (Å²) in [5, 5.41) is 3.59. The lowest BCUT2D eigenvalue weighted by Gasteiger charge is -2.12. The first-order valence-corrected chi connectivity index (χ1v) is 8.25. The highest BCUT2D eigenvalue weighted by atomic mass is 35.5. The summed E-state index contributed by atoms with van der Waals surface area (Å²) in [7, 11) is 0. The number of hydrogen-bond acceptors (Lipinski definition) is 2. The molecule has 0 heterocycles. The largest absolute Gasteiger partial charge is 0.351 e. The van der Waals surface area contributed by atoms with Crippen LogP contribution in [0.2, 0.25) is 5.02 Å². The zero-order valence-electron chi connectivity index (χ0n) is 11.9. The number of rotatable bonds is 6. The van der Waals surface area contributed by atoms with Gasteiger partial charge in [0, 0.05) is 17.3 Å². The van der Waals surface area contributed by atoms with Crippen molar-refractivity contribution >= 4 is 29.3 Å². The van der Waals surface area contributed by atoms with Crippen molar-refractivity contribution in [2.75, 3.05) is 0 Å². The minimum absolute atomic E-state index is 0.0610. The van der Waals surface area contributed by atoms with Crippen molar-refractivity contribution in [3.8, 4) is 0 Å². The fourth-order valence-electron chi connectivity index (χ4n) is 1.81. The molecule has 0 aromatic heterocycles. The predicted molar refractivity (Wildman–Crippen MR) is 90.5 cm³/mol. The smallest absolute Gasteiger partial charge is 0.233 e. The van der Waals surface area contributed by atoms with Gasteiger partial charge in [0.05, 0.1) is 5.25 Å². The van der Waals surface area contributed by atoms with Crippen LogP contribution in [0.15, 0.2) is 54.6 Å². The third-order valence-electron chi connectivity index (χ3n) is 3.09. The van der Waals surface area contributed by atoms with Crippen molar-refractivity contribution in [1.29, 1.82) is 0 Å². The molecule has 2 aromatic carbocycles. The number of halogens is 1. The molecule has 0 radical (unpaired) electrons. The van der Waals surface area contributed by atoms with Gasteiger partial charge in [-0.15, -0.1) is 11.8 Å². The molecule has 21 heavy (non-hydrogen) atoms. The van der Waals surface area contributed by atoms with Crippen molar-refractivity contribution in [1.82, 2.24) is 5.32 Å². The Hall–Kier alpha value is -1.45. The minimum Gasteiger partial charge on any atom is -0.351 e. The van der Waals surface area contributed by atoms with Gasteiger partial charge in [0.25, 0.3) is 0 Å². The SMILES string of the molecule is CC(SCc1ccccc1)C(=O)NCc1ccc(Cl)cc1. The topological polar surface area (TPSA) is 29.1 Å². The van der Waals surface area contributed by atoms with E-state index in [0.29, 0.717) is 11.6 Å². The molecule has 1 unspecified atom stereocenters. The van der Waals surface area contributed by atoms with Crippen LogP contribution in [0.5, 0.6) is 0 Å². The summed E-state index contributed by atoms with van der Waals surface area (Å²) in [6, 6.07) is 17.7. The maximum absolute atomic E-state index is 12.0. The van der Waals surface area contributed by atoms with Crippen LogP contribution in [-0.4, -0.2) is 11.2 Å². The lowest BCUT2D eigenvalue weighted by atomic mass is 10.2. The Morgan fingerprint density at radius 3 is 2.43 bits per heavy atom. The Labute approximate surface area is 134 Å². The van der Waals surface area contributed by atoms with Gasteiger partial charge in [-0.3, -0.25) is 4.79 Å². The van der Waals surface area contributed by atoms with Crippen LogP contribution in [0.25, 0.3) is 0 Å². The highest BCUT2D eigenvalue weighted by molar-refractivity contribution is 7.99. The highest BCUT2D eigenvalue weighted by Gasteiger charge is 2.12. The summed E-state index contributed by atoms with van der Waals surface area (Å²) in [6.45, 7) is 2.47. The molecule has 0 spiro atoms. The van der Waals surface area contributed by atoms with E-state index in [-0.39, 0.29) is 11.2 Å². The predicted octanol–water partition coefficient (Wildman–Crippen LogP) is 4.28. The molecule has 110 valence electrons. The molecule has 1 N–H and O–H groups in total. The number of carbonyl (C=O) groups excluding carboxylic acids is 1. The second-order valence-electron chi connectivity index (χ2n) is 4.78. The van der Waals surface area contributed by atoms with E-state index in [1.165, 1.54) is 5.56 Å². The first-order chi connectivity index (χ1) is 10.1. The van der Waals surface area contributed by atoms with Crippen molar-refractivity contribution in [2.45, 2.75) is 24.5 Å². The summed E-state index contributed by atoms with van der Waals surface area (Å²) < 4.78 is 0. The quantitative estimate of drug-likeness (QED) is 0.861. The normalized spacial score (nSPS) is 11.9. The van der Waals surface area contributed by atoms with Gasteiger partial charge in [-0.1, -0.05) is 54.1 Å². The Balaban J connectivity index is 1.76. The van der Waals surface area contributed by atoms with Crippen LogP contribution < -0.4 is 5.32 Å². The third kappa shape index (κ3) is 5.44. The molecular weight excluding hydrogens is 302 g/mol. The second kappa shape index (κ2) is 8.11. The summed E-state index contributed by atoms with van der Waals surface area (Å²) in [6.07, 6.45) is 0. The molecule has 1 atom stereocenters. The van der Waals surface area contributed by atoms with Crippen LogP contribution in [0, 0.1) is 0 Å². The van der Waals surface area contributed by atoms with Crippen molar-refractivity contribution in [2.24, 2.45) is 0 Å². The molecular formula is C17H18ClNOS. The molecule has 4 heteroatoms. The van der Waals surface area contributed by atoms with Crippen LogP contribution in [0.3, 0.4) is 0 Å². The molecule has 0 bridgehead atoms. The molecule has 0 aliphatic carbocycles. The second-order valence-corrected chi connectivity index (χ2v) is 6.55. The average Bonchev–Trinajstić information content (AvgIpc) is 2.52. The number of hydrogen-bond donors (Lipinski definition) is 1.